The summed E-state index contributed by atoms with van der Waals surface area (Å²) in [7, 11) is 0. The van der Waals surface area contributed by atoms with Crippen LogP contribution in [0.1, 0.15) is 107 Å². The standard InChI is InChI=1S/C39H60O8/c1-10-23(4)34(45)47-20-36(7)27-13-16-37(8)28(35(27,6)15-14-29(36)40)12-11-25-26-18-24(5)32(43)33(44)39(26,30(41)19-38(25,37)9)21-46-31(42)17-22(2)3/h10-11,17,24,26-30,32-33,40-41,43-44H,12-16,18-21H2,1-9H3/b23-10+/t24-,26?,27?,28?,29+,30-,32-,33+,35+,36-,37-,38-,39+/m1/s1. The molecule has 0 amide bonds. The summed E-state index contributed by atoms with van der Waals surface area (Å²) in [6, 6.07) is 0. The Morgan fingerprint density at radius 1 is 0.936 bits per heavy atom. The summed E-state index contributed by atoms with van der Waals surface area (Å²) >= 11 is 0. The third-order valence-corrected chi connectivity index (χ3v) is 14.7. The van der Waals surface area contributed by atoms with Crippen molar-refractivity contribution in [3.05, 3.63) is 34.9 Å². The van der Waals surface area contributed by atoms with E-state index in [1.807, 2.05) is 27.7 Å². The van der Waals surface area contributed by atoms with Crippen LogP contribution in [0.5, 0.6) is 0 Å². The van der Waals surface area contributed by atoms with Crippen LogP contribution < -0.4 is 0 Å². The molecule has 0 aliphatic heterocycles. The Morgan fingerprint density at radius 3 is 2.26 bits per heavy atom. The molecule has 4 saturated carbocycles. The minimum Gasteiger partial charge on any atom is -0.462 e. The number of hydrogen-bond acceptors (Lipinski definition) is 8. The average Bonchev–Trinajstić information content (AvgIpc) is 3.00. The number of carbonyl (C=O) groups excluding carboxylic acids is 2. The summed E-state index contributed by atoms with van der Waals surface area (Å²) in [4.78, 5) is 25.4. The molecule has 4 N–H and O–H groups in total. The lowest BCUT2D eigenvalue weighted by molar-refractivity contribution is -0.251. The van der Waals surface area contributed by atoms with Crippen molar-refractivity contribution in [3.63, 3.8) is 0 Å². The maximum Gasteiger partial charge on any atom is 0.333 e. The summed E-state index contributed by atoms with van der Waals surface area (Å²) in [5, 5.41) is 46.6. The fourth-order valence-corrected chi connectivity index (χ4v) is 11.6. The van der Waals surface area contributed by atoms with Gasteiger partial charge in [-0.25, -0.2) is 9.59 Å². The third-order valence-electron chi connectivity index (χ3n) is 14.7. The second-order valence-electron chi connectivity index (χ2n) is 17.3. The lowest BCUT2D eigenvalue weighted by Gasteiger charge is -2.72. The number of aliphatic hydroxyl groups excluding tert-OH is 4. The van der Waals surface area contributed by atoms with Gasteiger partial charge in [0, 0.05) is 17.1 Å². The van der Waals surface area contributed by atoms with E-state index in [1.54, 1.807) is 13.0 Å². The fourth-order valence-electron chi connectivity index (χ4n) is 11.6. The Labute approximate surface area is 281 Å². The minimum atomic E-state index is -1.25. The fraction of sp³-hybridized carbons (Fsp3) is 0.795. The maximum atomic E-state index is 12.7. The monoisotopic (exact) mass is 656 g/mol. The summed E-state index contributed by atoms with van der Waals surface area (Å²) in [5.74, 6) is -0.909. The van der Waals surface area contributed by atoms with Crippen molar-refractivity contribution in [3.8, 4) is 0 Å². The number of ether oxygens (including phenoxy) is 2. The molecule has 5 aliphatic carbocycles. The summed E-state index contributed by atoms with van der Waals surface area (Å²) in [5.41, 5.74) is 0.0498. The quantitative estimate of drug-likeness (QED) is 0.163. The first-order chi connectivity index (χ1) is 21.8. The van der Waals surface area contributed by atoms with Crippen molar-refractivity contribution in [1.82, 2.24) is 0 Å². The second kappa shape index (κ2) is 12.4. The number of esters is 2. The van der Waals surface area contributed by atoms with Gasteiger partial charge >= 0.3 is 11.9 Å². The largest absolute Gasteiger partial charge is 0.462 e. The molecule has 8 heteroatoms. The number of allylic oxidation sites excluding steroid dienone is 4. The van der Waals surface area contributed by atoms with Crippen molar-refractivity contribution in [2.45, 2.75) is 132 Å². The van der Waals surface area contributed by atoms with Crippen LogP contribution in [-0.2, 0) is 19.1 Å². The SMILES string of the molecule is C/C=C(\C)C(=O)OC[C@]1(C)C2CC[C@]3(C)C(CC=C4C5C[C@@H](C)[C@@H](O)[C@H](O)[C@]5(COC(=O)C=C(C)C)[C@H](O)C[C@]43C)[C@@]2(C)CC[C@@H]1O. The van der Waals surface area contributed by atoms with Crippen LogP contribution >= 0.6 is 0 Å². The molecule has 0 aromatic rings. The van der Waals surface area contributed by atoms with Crippen molar-refractivity contribution in [2.75, 3.05) is 13.2 Å². The topological polar surface area (TPSA) is 134 Å². The van der Waals surface area contributed by atoms with Crippen LogP contribution in [0.3, 0.4) is 0 Å². The Morgan fingerprint density at radius 2 is 1.62 bits per heavy atom. The number of hydrogen-bond donors (Lipinski definition) is 4. The summed E-state index contributed by atoms with van der Waals surface area (Å²) < 4.78 is 11.6. The molecular weight excluding hydrogens is 596 g/mol. The van der Waals surface area contributed by atoms with Gasteiger partial charge in [0.2, 0.25) is 0 Å². The van der Waals surface area contributed by atoms with Gasteiger partial charge in [0.1, 0.15) is 6.61 Å². The molecule has 3 unspecified atom stereocenters. The average molecular weight is 657 g/mol. The van der Waals surface area contributed by atoms with Crippen LogP contribution in [0.25, 0.3) is 0 Å². The Hall–Kier alpha value is -2.00. The predicted molar refractivity (Wildman–Crippen MR) is 180 cm³/mol. The molecule has 4 fully saturated rings. The molecule has 0 heterocycles. The normalized spacial score (nSPS) is 47.7. The van der Waals surface area contributed by atoms with E-state index in [2.05, 4.69) is 33.8 Å². The van der Waals surface area contributed by atoms with Crippen LogP contribution in [0, 0.1) is 50.7 Å². The van der Waals surface area contributed by atoms with E-state index in [-0.39, 0.29) is 53.7 Å². The van der Waals surface area contributed by atoms with E-state index in [0.717, 1.165) is 31.3 Å². The minimum absolute atomic E-state index is 0.136. The molecule has 0 aromatic carbocycles. The molecule has 264 valence electrons. The second-order valence-corrected chi connectivity index (χ2v) is 17.3. The molecule has 0 saturated heterocycles. The van der Waals surface area contributed by atoms with Crippen molar-refractivity contribution >= 4 is 11.9 Å². The maximum absolute atomic E-state index is 12.7. The number of aliphatic hydroxyl groups is 4. The lowest BCUT2D eigenvalue weighted by atomic mass is 9.33. The van der Waals surface area contributed by atoms with Crippen molar-refractivity contribution in [1.29, 1.82) is 0 Å². The molecule has 0 spiro atoms. The first-order valence-electron chi connectivity index (χ1n) is 17.9. The highest BCUT2D eigenvalue weighted by molar-refractivity contribution is 5.87. The zero-order valence-corrected chi connectivity index (χ0v) is 30.1. The highest BCUT2D eigenvalue weighted by Crippen LogP contribution is 2.75. The van der Waals surface area contributed by atoms with Gasteiger partial charge < -0.3 is 29.9 Å². The summed E-state index contributed by atoms with van der Waals surface area (Å²) in [6.07, 6.45) is 6.73. The van der Waals surface area contributed by atoms with E-state index < -0.39 is 46.6 Å². The molecule has 0 bridgehead atoms. The molecule has 5 rings (SSSR count). The van der Waals surface area contributed by atoms with Crippen LogP contribution in [0.4, 0.5) is 0 Å². The predicted octanol–water partition coefficient (Wildman–Crippen LogP) is 5.67. The van der Waals surface area contributed by atoms with E-state index in [0.29, 0.717) is 24.8 Å². The van der Waals surface area contributed by atoms with Gasteiger partial charge in [0.25, 0.3) is 0 Å². The van der Waals surface area contributed by atoms with Crippen molar-refractivity contribution < 1.29 is 39.5 Å². The highest BCUT2D eigenvalue weighted by Gasteiger charge is 2.72. The summed E-state index contributed by atoms with van der Waals surface area (Å²) in [6.45, 7) is 18.3. The van der Waals surface area contributed by atoms with E-state index in [1.165, 1.54) is 11.6 Å². The van der Waals surface area contributed by atoms with Crippen LogP contribution in [0.2, 0.25) is 0 Å². The van der Waals surface area contributed by atoms with Crippen LogP contribution in [-0.4, -0.2) is 70.0 Å². The van der Waals surface area contributed by atoms with Gasteiger partial charge in [-0.15, -0.1) is 0 Å². The Balaban J connectivity index is 1.53. The van der Waals surface area contributed by atoms with Crippen LogP contribution in [0.15, 0.2) is 34.9 Å². The Kier molecular flexibility index (Phi) is 9.57. The first-order valence-corrected chi connectivity index (χ1v) is 17.9. The van der Waals surface area contributed by atoms with E-state index in [4.69, 9.17) is 9.47 Å². The number of fused-ring (bicyclic) bond motifs is 7. The number of rotatable bonds is 6. The molecular formula is C39H60O8. The Bertz CT molecular complexity index is 1350. The third kappa shape index (κ3) is 5.30. The molecule has 0 radical (unpaired) electrons. The van der Waals surface area contributed by atoms with Gasteiger partial charge in [0.05, 0.1) is 36.4 Å². The zero-order valence-electron chi connectivity index (χ0n) is 30.1. The van der Waals surface area contributed by atoms with Gasteiger partial charge in [-0.3, -0.25) is 0 Å². The molecule has 47 heavy (non-hydrogen) atoms. The van der Waals surface area contributed by atoms with E-state index in [9.17, 15) is 30.0 Å². The van der Waals surface area contributed by atoms with Gasteiger partial charge in [-0.1, -0.05) is 57.9 Å². The lowest BCUT2D eigenvalue weighted by Crippen LogP contribution is -2.71. The smallest absolute Gasteiger partial charge is 0.333 e. The molecule has 0 aromatic heterocycles. The molecule has 13 atom stereocenters. The molecule has 5 aliphatic rings. The van der Waals surface area contributed by atoms with Crippen molar-refractivity contribution in [2.24, 2.45) is 50.7 Å². The van der Waals surface area contributed by atoms with Gasteiger partial charge in [-0.05, 0) is 113 Å². The number of carbonyl (C=O) groups is 2. The first kappa shape index (κ1) is 36.3. The van der Waals surface area contributed by atoms with E-state index >= 15 is 0 Å². The highest BCUT2D eigenvalue weighted by atomic mass is 16.5. The molecule has 8 nitrogen and oxygen atoms in total. The zero-order chi connectivity index (χ0) is 34.9. The van der Waals surface area contributed by atoms with Gasteiger partial charge in [-0.2, -0.15) is 0 Å². The van der Waals surface area contributed by atoms with Gasteiger partial charge in [0.15, 0.2) is 0 Å².